The van der Waals surface area contributed by atoms with Gasteiger partial charge >= 0.3 is 6.03 Å². The molecule has 2 unspecified atom stereocenters. The lowest BCUT2D eigenvalue weighted by Crippen LogP contribution is -2.69. The summed E-state index contributed by atoms with van der Waals surface area (Å²) in [5.74, 6) is 1.66. The fourth-order valence-corrected chi connectivity index (χ4v) is 11.8. The molecule has 380 valence electrons. The van der Waals surface area contributed by atoms with Crippen LogP contribution in [0, 0.1) is 0 Å². The maximum absolute atomic E-state index is 15.2. The maximum Gasteiger partial charge on any atom is 0.322 e. The van der Waals surface area contributed by atoms with Crippen molar-refractivity contribution >= 4 is 40.3 Å². The Morgan fingerprint density at radius 3 is 1.36 bits per heavy atom. The van der Waals surface area contributed by atoms with E-state index in [1.165, 1.54) is 0 Å². The van der Waals surface area contributed by atoms with E-state index < -0.39 is 0 Å². The van der Waals surface area contributed by atoms with E-state index in [0.717, 1.165) is 111 Å². The molecular formula is C51H66N16O5. The van der Waals surface area contributed by atoms with Crippen molar-refractivity contribution < 1.29 is 24.5 Å². The topological polar surface area (TPSA) is 189 Å². The molecule has 2 atom stereocenters. The zero-order valence-electron chi connectivity index (χ0n) is 41.4. The van der Waals surface area contributed by atoms with Gasteiger partial charge in [-0.05, 0) is 64.0 Å². The van der Waals surface area contributed by atoms with Crippen LogP contribution < -0.4 is 9.80 Å². The molecule has 6 aliphatic rings. The van der Waals surface area contributed by atoms with E-state index in [2.05, 4.69) is 62.4 Å². The summed E-state index contributed by atoms with van der Waals surface area (Å²) in [5, 5.41) is 20.8. The Morgan fingerprint density at radius 2 is 0.958 bits per heavy atom. The van der Waals surface area contributed by atoms with E-state index in [-0.39, 0.29) is 41.9 Å². The molecule has 0 bridgehead atoms. The van der Waals surface area contributed by atoms with Crippen LogP contribution in [0.1, 0.15) is 37.8 Å². The van der Waals surface area contributed by atoms with Crippen molar-refractivity contribution in [1.82, 2.24) is 68.4 Å². The molecule has 0 saturated carbocycles. The monoisotopic (exact) mass is 983 g/mol. The summed E-state index contributed by atoms with van der Waals surface area (Å²) < 4.78 is 15.8. The number of nitrogens with zero attached hydrogens (tertiary/aromatic N) is 16. The Morgan fingerprint density at radius 1 is 0.542 bits per heavy atom. The first-order valence-corrected chi connectivity index (χ1v) is 25.9. The molecule has 0 spiro atoms. The average Bonchev–Trinajstić information content (AvgIpc) is 4.06. The number of morpholine rings is 2. The number of benzene rings is 2. The van der Waals surface area contributed by atoms with Crippen molar-refractivity contribution in [2.45, 2.75) is 50.1 Å². The van der Waals surface area contributed by atoms with Gasteiger partial charge in [-0.3, -0.25) is 9.80 Å². The fraction of sp³-hybridized carbons (Fsp3) is 0.549. The molecule has 6 fully saturated rings. The van der Waals surface area contributed by atoms with E-state index in [1.54, 1.807) is 24.3 Å². The van der Waals surface area contributed by atoms with Crippen LogP contribution in [0.15, 0.2) is 61.2 Å². The summed E-state index contributed by atoms with van der Waals surface area (Å²) in [5.41, 5.74) is 6.06. The lowest BCUT2D eigenvalue weighted by atomic mass is 10.0. The molecule has 12 rings (SSSR count). The van der Waals surface area contributed by atoms with Crippen LogP contribution in [0.25, 0.3) is 44.8 Å². The van der Waals surface area contributed by atoms with Crippen LogP contribution in [0.4, 0.5) is 16.7 Å². The van der Waals surface area contributed by atoms with Crippen molar-refractivity contribution in [3.8, 4) is 34.0 Å². The Bertz CT molecular complexity index is 2690. The number of anilines is 2. The summed E-state index contributed by atoms with van der Waals surface area (Å²) in [6, 6.07) is 14.9. The number of likely N-dealkylation sites (N-methyl/N-ethyl adjacent to an activating group) is 2. The van der Waals surface area contributed by atoms with Crippen LogP contribution in [-0.4, -0.2) is 229 Å². The number of hydrogen-bond donors (Lipinski definition) is 2. The number of carbonyl (C=O) groups excluding carboxylic acids is 1. The summed E-state index contributed by atoms with van der Waals surface area (Å²) in [4.78, 5) is 63.9. The molecule has 0 radical (unpaired) electrons. The number of urea groups is 1. The Balaban J connectivity index is 0.751. The number of amides is 2. The summed E-state index contributed by atoms with van der Waals surface area (Å²) in [6.45, 7) is 13.3. The second-order valence-electron chi connectivity index (χ2n) is 20.4. The molecule has 0 aliphatic carbocycles. The van der Waals surface area contributed by atoms with Crippen LogP contribution >= 0.6 is 0 Å². The number of aromatic hydroxyl groups is 2. The molecule has 6 saturated heterocycles. The molecule has 2 N–H and O–H groups in total. The van der Waals surface area contributed by atoms with Gasteiger partial charge in [0.25, 0.3) is 0 Å². The number of likely N-dealkylation sites (tertiary alicyclic amines) is 2. The Labute approximate surface area is 419 Å². The number of fused-ring (bicyclic) bond motifs is 2. The number of ether oxygens (including phenoxy) is 2. The molecule has 2 aromatic carbocycles. The predicted molar refractivity (Wildman–Crippen MR) is 272 cm³/mol. The van der Waals surface area contributed by atoms with Crippen molar-refractivity contribution in [3.63, 3.8) is 0 Å². The number of piperazine rings is 2. The molecule has 6 aliphatic heterocycles. The highest BCUT2D eigenvalue weighted by atomic mass is 16.5. The van der Waals surface area contributed by atoms with Gasteiger partial charge in [0.15, 0.2) is 11.3 Å². The molecule has 21 nitrogen and oxygen atoms in total. The van der Waals surface area contributed by atoms with Gasteiger partial charge in [0, 0.05) is 115 Å². The van der Waals surface area contributed by atoms with Gasteiger partial charge in [0.2, 0.25) is 11.9 Å². The Hall–Kier alpha value is -6.23. The van der Waals surface area contributed by atoms with E-state index in [4.69, 9.17) is 39.4 Å². The third-order valence-electron chi connectivity index (χ3n) is 15.9. The molecule has 2 amide bonds. The molecule has 4 aromatic heterocycles. The van der Waals surface area contributed by atoms with Crippen molar-refractivity contribution in [1.29, 1.82) is 0 Å². The second kappa shape index (κ2) is 20.0. The normalized spacial score (nSPS) is 23.2. The van der Waals surface area contributed by atoms with Gasteiger partial charge in [0.05, 0.1) is 51.4 Å². The number of rotatable bonds is 8. The van der Waals surface area contributed by atoms with Gasteiger partial charge in [-0.2, -0.15) is 9.97 Å². The van der Waals surface area contributed by atoms with Crippen LogP contribution in [0.2, 0.25) is 0 Å². The third-order valence-corrected chi connectivity index (χ3v) is 15.9. The first kappa shape index (κ1) is 46.8. The largest absolute Gasteiger partial charge is 0.508 e. The summed E-state index contributed by atoms with van der Waals surface area (Å²) in [7, 11) is 4.34. The SMILES string of the molecule is CN1CCN(C(=O)N2CCN(C)CC2N2CCC(n3cnc4c(-c5cccc(O)c5)nc(N5CCOCC5)nc43)CC2)C(N2CCC(n3cnc4c(-c5cccc(O)c5)nc(N5CCOCC5)nc43)CC2)C1. The smallest absolute Gasteiger partial charge is 0.322 e. The van der Waals surface area contributed by atoms with Crippen LogP contribution in [-0.2, 0) is 9.47 Å². The van der Waals surface area contributed by atoms with Crippen LogP contribution in [0.3, 0.4) is 0 Å². The first-order chi connectivity index (χ1) is 35.2. The minimum absolute atomic E-state index is 0.0426. The van der Waals surface area contributed by atoms with E-state index in [0.29, 0.717) is 89.0 Å². The quantitative estimate of drug-likeness (QED) is 0.225. The second-order valence-corrected chi connectivity index (χ2v) is 20.4. The highest BCUT2D eigenvalue weighted by Gasteiger charge is 2.42. The summed E-state index contributed by atoms with van der Waals surface area (Å²) >= 11 is 0. The average molecular weight is 983 g/mol. The van der Waals surface area contributed by atoms with E-state index >= 15 is 4.79 Å². The molecule has 6 aromatic rings. The van der Waals surface area contributed by atoms with E-state index in [1.807, 2.05) is 36.9 Å². The molecule has 21 heteroatoms. The van der Waals surface area contributed by atoms with Crippen molar-refractivity contribution in [2.24, 2.45) is 0 Å². The lowest BCUT2D eigenvalue weighted by Gasteiger charge is -2.52. The van der Waals surface area contributed by atoms with Gasteiger partial charge in [-0.1, -0.05) is 24.3 Å². The van der Waals surface area contributed by atoms with Gasteiger partial charge in [-0.25, -0.2) is 24.7 Å². The number of phenols is 2. The lowest BCUT2D eigenvalue weighted by molar-refractivity contribution is -0.0456. The third kappa shape index (κ3) is 9.14. The zero-order chi connectivity index (χ0) is 48.9. The minimum atomic E-state index is -0.0426. The fourth-order valence-electron chi connectivity index (χ4n) is 11.8. The predicted octanol–water partition coefficient (Wildman–Crippen LogP) is 3.63. The van der Waals surface area contributed by atoms with Gasteiger partial charge in [0.1, 0.15) is 33.9 Å². The maximum atomic E-state index is 15.2. The van der Waals surface area contributed by atoms with E-state index in [9.17, 15) is 10.2 Å². The zero-order valence-corrected chi connectivity index (χ0v) is 41.4. The number of piperidine rings is 2. The standard InChI is InChI=1S/C51H66N16O5/c1-58-17-19-64(41(31-58)60-13-9-37(10-14-60)66-33-52-45-43(35-5-3-7-39(68)29-35)54-49(56-47(45)66)62-21-25-71-26-22-62)51(70)65-20-18-59(2)32-42(65)61-15-11-38(12-16-61)67-34-53-46-44(36-6-4-8-40(69)30-36)55-50(57-48(46)67)63-23-27-72-28-24-63/h3-8,29-30,33-34,37-38,41-42,68-69H,9-28,31-32H2,1-2H3. The number of carbonyl (C=O) groups is 1. The molecule has 10 heterocycles. The Kier molecular flexibility index (Phi) is 13.0. The van der Waals surface area contributed by atoms with Crippen molar-refractivity contribution in [3.05, 3.63) is 61.2 Å². The summed E-state index contributed by atoms with van der Waals surface area (Å²) in [6.07, 6.45) is 7.31. The number of phenolic OH excluding ortho intramolecular Hbond substituents is 2. The highest BCUT2D eigenvalue weighted by molar-refractivity contribution is 5.90. The molecular weight excluding hydrogens is 917 g/mol. The van der Waals surface area contributed by atoms with Gasteiger partial charge in [-0.15, -0.1) is 0 Å². The number of hydrogen-bond acceptors (Lipinski definition) is 17. The van der Waals surface area contributed by atoms with Crippen molar-refractivity contribution in [2.75, 3.05) is 142 Å². The number of imidazole rings is 2. The van der Waals surface area contributed by atoms with Crippen LogP contribution in [0.5, 0.6) is 11.5 Å². The first-order valence-electron chi connectivity index (χ1n) is 25.9. The highest BCUT2D eigenvalue weighted by Crippen LogP contribution is 2.37. The van der Waals surface area contributed by atoms with Gasteiger partial charge < -0.3 is 58.2 Å². The minimum Gasteiger partial charge on any atom is -0.508 e. The molecule has 72 heavy (non-hydrogen) atoms. The number of aromatic nitrogens is 8.